The van der Waals surface area contributed by atoms with Gasteiger partial charge in [0.05, 0.1) is 22.4 Å². The van der Waals surface area contributed by atoms with Gasteiger partial charge in [-0.1, -0.05) is 11.2 Å². The first kappa shape index (κ1) is 18.5. The van der Waals surface area contributed by atoms with Crippen molar-refractivity contribution in [1.82, 2.24) is 20.7 Å². The van der Waals surface area contributed by atoms with Crippen molar-refractivity contribution in [2.45, 2.75) is 38.4 Å². The van der Waals surface area contributed by atoms with Gasteiger partial charge in [0, 0.05) is 32.5 Å². The van der Waals surface area contributed by atoms with E-state index in [1.807, 2.05) is 0 Å². The molecule has 3 N–H and O–H groups in total. The van der Waals surface area contributed by atoms with Crippen LogP contribution in [0.15, 0.2) is 22.7 Å². The van der Waals surface area contributed by atoms with Crippen LogP contribution < -0.4 is 16.0 Å². The highest BCUT2D eigenvalue weighted by Gasteiger charge is 2.44. The van der Waals surface area contributed by atoms with Crippen LogP contribution in [-0.4, -0.2) is 46.3 Å². The van der Waals surface area contributed by atoms with E-state index in [4.69, 9.17) is 4.52 Å². The van der Waals surface area contributed by atoms with Gasteiger partial charge in [0.15, 0.2) is 0 Å². The molecule has 10 heteroatoms. The Kier molecular flexibility index (Phi) is 4.35. The molecule has 1 aromatic heterocycles. The molecule has 4 heterocycles. The van der Waals surface area contributed by atoms with Crippen LogP contribution in [0.3, 0.4) is 0 Å². The maximum Gasteiger partial charge on any atom is 0.262 e. The van der Waals surface area contributed by atoms with Crippen molar-refractivity contribution >= 4 is 29.5 Å². The summed E-state index contributed by atoms with van der Waals surface area (Å²) in [5, 5.41) is 12.7. The summed E-state index contributed by atoms with van der Waals surface area (Å²) in [6, 6.07) is 4.03. The van der Waals surface area contributed by atoms with Gasteiger partial charge in [-0.25, -0.2) is 0 Å². The van der Waals surface area contributed by atoms with Gasteiger partial charge in [-0.3, -0.25) is 29.4 Å². The summed E-state index contributed by atoms with van der Waals surface area (Å²) in [5.74, 6) is -1.46. The van der Waals surface area contributed by atoms with Crippen molar-refractivity contribution in [3.05, 3.63) is 46.1 Å². The normalized spacial score (nSPS) is 20.8. The van der Waals surface area contributed by atoms with E-state index in [1.165, 1.54) is 0 Å². The van der Waals surface area contributed by atoms with Crippen LogP contribution in [0, 0.1) is 0 Å². The lowest BCUT2D eigenvalue weighted by Gasteiger charge is -2.27. The van der Waals surface area contributed by atoms with Crippen molar-refractivity contribution in [2.75, 3.05) is 11.9 Å². The lowest BCUT2D eigenvalue weighted by Crippen LogP contribution is -2.54. The molecule has 4 amide bonds. The fourth-order valence-corrected chi connectivity index (χ4v) is 4.09. The number of imide groups is 2. The first-order chi connectivity index (χ1) is 14.5. The Hall–Kier alpha value is -3.53. The van der Waals surface area contributed by atoms with Gasteiger partial charge >= 0.3 is 0 Å². The number of carbonyl (C=O) groups excluding carboxylic acids is 4. The molecular formula is C20H19N5O5. The van der Waals surface area contributed by atoms with Gasteiger partial charge in [0.2, 0.25) is 17.7 Å². The molecule has 2 aromatic rings. The van der Waals surface area contributed by atoms with Crippen LogP contribution in [0.1, 0.15) is 50.4 Å². The minimum absolute atomic E-state index is 0.0926. The summed E-state index contributed by atoms with van der Waals surface area (Å²) in [6.07, 6.45) is 1.04. The molecule has 1 fully saturated rings. The fraction of sp³-hybridized carbons (Fsp3) is 0.350. The number of hydrogen-bond donors (Lipinski definition) is 3. The Morgan fingerprint density at radius 3 is 2.80 bits per heavy atom. The van der Waals surface area contributed by atoms with Crippen molar-refractivity contribution in [3.63, 3.8) is 0 Å². The second-order valence-electron chi connectivity index (χ2n) is 7.54. The van der Waals surface area contributed by atoms with E-state index < -0.39 is 29.7 Å². The molecule has 1 unspecified atom stereocenters. The third-order valence-corrected chi connectivity index (χ3v) is 5.67. The molecule has 0 radical (unpaired) electrons. The predicted molar refractivity (Wildman–Crippen MR) is 102 cm³/mol. The molecule has 0 saturated carbocycles. The first-order valence-corrected chi connectivity index (χ1v) is 9.79. The maximum absolute atomic E-state index is 12.9. The summed E-state index contributed by atoms with van der Waals surface area (Å²) in [6.45, 7) is 1.93. The number of amides is 4. The molecule has 0 bridgehead atoms. The lowest BCUT2D eigenvalue weighted by molar-refractivity contribution is -0.136. The minimum atomic E-state index is -0.968. The van der Waals surface area contributed by atoms with E-state index in [2.05, 4.69) is 21.1 Å². The number of aromatic nitrogens is 1. The number of carbonyl (C=O) groups is 4. The molecule has 5 rings (SSSR count). The van der Waals surface area contributed by atoms with Crippen molar-refractivity contribution in [3.8, 4) is 0 Å². The zero-order chi connectivity index (χ0) is 20.8. The van der Waals surface area contributed by atoms with E-state index in [1.54, 1.807) is 18.2 Å². The number of nitrogens with one attached hydrogen (secondary N) is 3. The van der Waals surface area contributed by atoms with E-state index in [-0.39, 0.29) is 24.0 Å². The van der Waals surface area contributed by atoms with Gasteiger partial charge in [-0.05, 0) is 24.1 Å². The summed E-state index contributed by atoms with van der Waals surface area (Å²) >= 11 is 0. The number of hydrogen-bond acceptors (Lipinski definition) is 8. The van der Waals surface area contributed by atoms with Gasteiger partial charge in [0.1, 0.15) is 6.04 Å². The van der Waals surface area contributed by atoms with Gasteiger partial charge < -0.3 is 15.2 Å². The van der Waals surface area contributed by atoms with Crippen LogP contribution in [0.2, 0.25) is 0 Å². The number of fused-ring (bicyclic) bond motifs is 2. The Morgan fingerprint density at radius 1 is 1.13 bits per heavy atom. The zero-order valence-corrected chi connectivity index (χ0v) is 16.0. The van der Waals surface area contributed by atoms with E-state index in [9.17, 15) is 19.2 Å². The average Bonchev–Trinajstić information content (AvgIpc) is 3.26. The third-order valence-electron chi connectivity index (χ3n) is 5.67. The molecule has 0 spiro atoms. The summed E-state index contributed by atoms with van der Waals surface area (Å²) in [4.78, 5) is 50.1. The smallest absolute Gasteiger partial charge is 0.262 e. The highest BCUT2D eigenvalue weighted by Crippen LogP contribution is 2.29. The second-order valence-corrected chi connectivity index (χ2v) is 7.54. The Morgan fingerprint density at radius 2 is 1.97 bits per heavy atom. The molecule has 154 valence electrons. The Labute approximate surface area is 171 Å². The molecule has 30 heavy (non-hydrogen) atoms. The van der Waals surface area contributed by atoms with Crippen molar-refractivity contribution < 1.29 is 23.7 Å². The van der Waals surface area contributed by atoms with E-state index >= 15 is 0 Å². The average molecular weight is 409 g/mol. The summed E-state index contributed by atoms with van der Waals surface area (Å²) in [5.41, 5.74) is 3.23. The Bertz CT molecular complexity index is 1090. The molecule has 0 aliphatic carbocycles. The van der Waals surface area contributed by atoms with Crippen LogP contribution in [0.4, 0.5) is 5.88 Å². The molecular weight excluding hydrogens is 390 g/mol. The number of anilines is 1. The summed E-state index contributed by atoms with van der Waals surface area (Å²) in [7, 11) is 0. The third kappa shape index (κ3) is 2.96. The summed E-state index contributed by atoms with van der Waals surface area (Å²) < 4.78 is 5.38. The number of nitrogens with zero attached hydrogens (tertiary/aromatic N) is 2. The first-order valence-electron chi connectivity index (χ1n) is 9.79. The largest absolute Gasteiger partial charge is 0.350 e. The SMILES string of the molecule is O=C1CCC(N2C(=O)c3ccc(CNc4onc5c4CNCC5)cc3C2=O)C(=O)N1. The highest BCUT2D eigenvalue weighted by atomic mass is 16.5. The molecule has 1 atom stereocenters. The van der Waals surface area contributed by atoms with Crippen molar-refractivity contribution in [2.24, 2.45) is 0 Å². The fourth-order valence-electron chi connectivity index (χ4n) is 4.09. The monoisotopic (exact) mass is 409 g/mol. The van der Waals surface area contributed by atoms with E-state index in [0.29, 0.717) is 19.0 Å². The predicted octanol–water partition coefficient (Wildman–Crippen LogP) is 0.334. The zero-order valence-electron chi connectivity index (χ0n) is 16.0. The van der Waals surface area contributed by atoms with Gasteiger partial charge in [-0.2, -0.15) is 0 Å². The van der Waals surface area contributed by atoms with Crippen LogP contribution in [-0.2, 0) is 29.1 Å². The quantitative estimate of drug-likeness (QED) is 0.616. The topological polar surface area (TPSA) is 134 Å². The maximum atomic E-state index is 12.9. The van der Waals surface area contributed by atoms with Crippen LogP contribution >= 0.6 is 0 Å². The second kappa shape index (κ2) is 7.06. The standard InChI is InChI=1S/C20H19N5O5/c26-16-4-3-15(17(27)23-16)25-19(28)11-2-1-10(7-12(11)20(25)29)8-22-18-13-9-21-6-5-14(13)24-30-18/h1-2,7,15,21-22H,3-6,8-9H2,(H,23,26,27). The molecule has 1 saturated heterocycles. The highest BCUT2D eigenvalue weighted by molar-refractivity contribution is 6.23. The van der Waals surface area contributed by atoms with Crippen molar-refractivity contribution in [1.29, 1.82) is 0 Å². The molecule has 10 nitrogen and oxygen atoms in total. The number of piperidine rings is 1. The number of rotatable bonds is 4. The van der Waals surface area contributed by atoms with E-state index in [0.717, 1.165) is 34.7 Å². The van der Waals surface area contributed by atoms with Crippen LogP contribution in [0.5, 0.6) is 0 Å². The Balaban J connectivity index is 1.34. The molecule has 3 aliphatic rings. The van der Waals surface area contributed by atoms with Gasteiger partial charge in [-0.15, -0.1) is 0 Å². The van der Waals surface area contributed by atoms with Crippen LogP contribution in [0.25, 0.3) is 0 Å². The minimum Gasteiger partial charge on any atom is -0.350 e. The lowest BCUT2D eigenvalue weighted by atomic mass is 10.0. The number of benzene rings is 1. The molecule has 3 aliphatic heterocycles. The molecule has 1 aromatic carbocycles. The van der Waals surface area contributed by atoms with Gasteiger partial charge in [0.25, 0.3) is 11.8 Å².